The van der Waals surface area contributed by atoms with Crippen molar-refractivity contribution in [3.63, 3.8) is 0 Å². The lowest BCUT2D eigenvalue weighted by Crippen LogP contribution is -2.32. The number of imide groups is 1. The molecule has 0 spiro atoms. The highest BCUT2D eigenvalue weighted by atomic mass is 32.2. The Hall–Kier alpha value is -2.53. The fraction of sp³-hybridized carbons (Fsp3) is 0.333. The zero-order valence-corrected chi connectivity index (χ0v) is 17.8. The van der Waals surface area contributed by atoms with Crippen LogP contribution in [0.1, 0.15) is 44.2 Å². The number of thioether (sulfide) groups is 1. The van der Waals surface area contributed by atoms with Gasteiger partial charge in [0.2, 0.25) is 0 Å². The molecule has 0 unspecified atom stereocenters. The second kappa shape index (κ2) is 10.3. The van der Waals surface area contributed by atoms with Crippen LogP contribution in [-0.4, -0.2) is 29.9 Å². The third-order valence-electron chi connectivity index (χ3n) is 4.79. The van der Waals surface area contributed by atoms with Crippen molar-refractivity contribution in [1.29, 1.82) is 0 Å². The largest absolute Gasteiger partial charge is 0.494 e. The van der Waals surface area contributed by atoms with Crippen molar-refractivity contribution < 1.29 is 14.3 Å². The summed E-state index contributed by atoms with van der Waals surface area (Å²) in [5.74, 6) is 1.05. The van der Waals surface area contributed by atoms with Crippen molar-refractivity contribution in [3.05, 3.63) is 70.6 Å². The van der Waals surface area contributed by atoms with Crippen LogP contribution in [-0.2, 0) is 15.3 Å². The van der Waals surface area contributed by atoms with E-state index in [1.807, 2.05) is 61.5 Å². The molecule has 1 aliphatic rings. The van der Waals surface area contributed by atoms with Crippen LogP contribution in [0.3, 0.4) is 0 Å². The van der Waals surface area contributed by atoms with Crippen molar-refractivity contribution in [2.75, 3.05) is 13.2 Å². The van der Waals surface area contributed by atoms with Crippen molar-refractivity contribution in [2.45, 2.75) is 38.9 Å². The van der Waals surface area contributed by atoms with Gasteiger partial charge in [-0.1, -0.05) is 62.2 Å². The van der Waals surface area contributed by atoms with Gasteiger partial charge in [-0.05, 0) is 36.6 Å². The van der Waals surface area contributed by atoms with Crippen LogP contribution in [0.25, 0.3) is 5.57 Å². The predicted molar refractivity (Wildman–Crippen MR) is 119 cm³/mol. The molecule has 0 fully saturated rings. The highest BCUT2D eigenvalue weighted by Gasteiger charge is 2.38. The molecule has 1 heterocycles. The number of nitrogens with zero attached hydrogens (tertiary/aromatic N) is 1. The van der Waals surface area contributed by atoms with Gasteiger partial charge in [-0.15, -0.1) is 11.8 Å². The van der Waals surface area contributed by atoms with E-state index in [9.17, 15) is 9.59 Å². The Bertz CT molecular complexity index is 875. The van der Waals surface area contributed by atoms with E-state index in [-0.39, 0.29) is 11.8 Å². The minimum Gasteiger partial charge on any atom is -0.494 e. The Morgan fingerprint density at radius 2 is 1.62 bits per heavy atom. The van der Waals surface area contributed by atoms with E-state index in [1.54, 1.807) is 0 Å². The maximum Gasteiger partial charge on any atom is 0.267 e. The summed E-state index contributed by atoms with van der Waals surface area (Å²) in [5, 5.41) is 0. The average molecular weight is 410 g/mol. The number of rotatable bonds is 10. The summed E-state index contributed by atoms with van der Waals surface area (Å²) in [6, 6.07) is 17.4. The van der Waals surface area contributed by atoms with Crippen molar-refractivity contribution in [3.8, 4) is 5.75 Å². The summed E-state index contributed by atoms with van der Waals surface area (Å²) in [4.78, 5) is 28.2. The van der Waals surface area contributed by atoms with E-state index in [0.717, 1.165) is 36.1 Å². The number of hydrogen-bond acceptors (Lipinski definition) is 4. The van der Waals surface area contributed by atoms with Gasteiger partial charge in [-0.2, -0.15) is 0 Å². The molecule has 1 aliphatic heterocycles. The van der Waals surface area contributed by atoms with Gasteiger partial charge in [-0.25, -0.2) is 0 Å². The lowest BCUT2D eigenvalue weighted by Gasteiger charge is -2.14. The second-order valence-electron chi connectivity index (χ2n) is 6.90. The van der Waals surface area contributed by atoms with Crippen LogP contribution in [0.4, 0.5) is 0 Å². The van der Waals surface area contributed by atoms with E-state index in [4.69, 9.17) is 4.74 Å². The third-order valence-corrected chi connectivity index (χ3v) is 5.94. The first kappa shape index (κ1) is 21.2. The lowest BCUT2D eigenvalue weighted by atomic mass is 10.1. The molecule has 2 amide bonds. The van der Waals surface area contributed by atoms with Crippen LogP contribution in [0, 0.1) is 0 Å². The van der Waals surface area contributed by atoms with Crippen LogP contribution in [0.15, 0.2) is 59.5 Å². The highest BCUT2D eigenvalue weighted by Crippen LogP contribution is 2.38. The topological polar surface area (TPSA) is 46.6 Å². The second-order valence-corrected chi connectivity index (χ2v) is 7.89. The summed E-state index contributed by atoms with van der Waals surface area (Å²) < 4.78 is 5.51. The summed E-state index contributed by atoms with van der Waals surface area (Å²) >= 11 is 1.45. The maximum absolute atomic E-state index is 13.1. The molecule has 0 atom stereocenters. The van der Waals surface area contributed by atoms with Crippen LogP contribution in [0.5, 0.6) is 5.75 Å². The van der Waals surface area contributed by atoms with Crippen molar-refractivity contribution in [2.24, 2.45) is 0 Å². The number of ether oxygens (including phenoxy) is 1. The molecule has 2 aromatic carbocycles. The lowest BCUT2D eigenvalue weighted by molar-refractivity contribution is -0.136. The van der Waals surface area contributed by atoms with Gasteiger partial charge in [0.05, 0.1) is 17.1 Å². The summed E-state index contributed by atoms with van der Waals surface area (Å²) in [7, 11) is 0. The molecule has 0 radical (unpaired) electrons. The molecule has 4 nitrogen and oxygen atoms in total. The fourth-order valence-electron chi connectivity index (χ4n) is 3.28. The zero-order valence-electron chi connectivity index (χ0n) is 17.0. The molecule has 2 aromatic rings. The van der Waals surface area contributed by atoms with Gasteiger partial charge in [0.1, 0.15) is 5.75 Å². The first-order chi connectivity index (χ1) is 14.2. The molecule has 5 heteroatoms. The van der Waals surface area contributed by atoms with Gasteiger partial charge < -0.3 is 4.74 Å². The predicted octanol–water partition coefficient (Wildman–Crippen LogP) is 5.29. The van der Waals surface area contributed by atoms with Gasteiger partial charge in [0.25, 0.3) is 11.8 Å². The third kappa shape index (κ3) is 5.10. The first-order valence-electron chi connectivity index (χ1n) is 10.2. The minimum absolute atomic E-state index is 0.170. The molecule has 0 saturated carbocycles. The Labute approximate surface area is 176 Å². The highest BCUT2D eigenvalue weighted by molar-refractivity contribution is 8.03. The fourth-order valence-corrected chi connectivity index (χ4v) is 4.37. The van der Waals surface area contributed by atoms with Gasteiger partial charge in [0.15, 0.2) is 0 Å². The normalized spacial score (nSPS) is 14.1. The Kier molecular flexibility index (Phi) is 7.53. The molecule has 3 rings (SSSR count). The zero-order chi connectivity index (χ0) is 20.6. The number of carbonyl (C=O) groups excluding carboxylic acids is 2. The van der Waals surface area contributed by atoms with Gasteiger partial charge >= 0.3 is 0 Å². The number of hydrogen-bond donors (Lipinski definition) is 0. The van der Waals surface area contributed by atoms with E-state index in [1.165, 1.54) is 16.7 Å². The molecule has 29 heavy (non-hydrogen) atoms. The average Bonchev–Trinajstić information content (AvgIpc) is 2.98. The molecule has 0 aliphatic carbocycles. The van der Waals surface area contributed by atoms with Crippen LogP contribution >= 0.6 is 11.8 Å². The minimum atomic E-state index is -0.189. The number of carbonyl (C=O) groups is 2. The summed E-state index contributed by atoms with van der Waals surface area (Å²) in [5.41, 5.74) is 2.40. The quantitative estimate of drug-likeness (QED) is 0.395. The Morgan fingerprint density at radius 1 is 0.897 bits per heavy atom. The maximum atomic E-state index is 13.1. The molecule has 0 N–H and O–H groups in total. The molecular weight excluding hydrogens is 382 g/mol. The molecular formula is C24H27NO3S. The van der Waals surface area contributed by atoms with E-state index < -0.39 is 0 Å². The van der Waals surface area contributed by atoms with Gasteiger partial charge in [0, 0.05) is 12.3 Å². The Balaban J connectivity index is 1.88. The Morgan fingerprint density at radius 3 is 2.28 bits per heavy atom. The number of unbranched alkanes of at least 4 members (excludes halogenated alkanes) is 2. The standard InChI is InChI=1S/C24H27NO3S/c1-3-5-9-16-25-23(26)21(19-12-14-20(15-13-19)28-4-2)22(24(25)27)29-17-18-10-7-6-8-11-18/h6-8,10-15H,3-5,9,16-17H2,1-2H3. The monoisotopic (exact) mass is 409 g/mol. The van der Waals surface area contributed by atoms with E-state index in [2.05, 4.69) is 6.92 Å². The SMILES string of the molecule is CCCCCN1C(=O)C(SCc2ccccc2)=C(c2ccc(OCC)cc2)C1=O. The number of benzene rings is 2. The molecule has 152 valence electrons. The molecule has 0 aromatic heterocycles. The van der Waals surface area contributed by atoms with Crippen molar-refractivity contribution in [1.82, 2.24) is 4.90 Å². The van der Waals surface area contributed by atoms with E-state index in [0.29, 0.717) is 29.4 Å². The first-order valence-corrected chi connectivity index (χ1v) is 11.1. The summed E-state index contributed by atoms with van der Waals surface area (Å²) in [6.07, 6.45) is 2.88. The summed E-state index contributed by atoms with van der Waals surface area (Å²) in [6.45, 7) is 5.10. The molecule has 0 saturated heterocycles. The van der Waals surface area contributed by atoms with Gasteiger partial charge in [-0.3, -0.25) is 14.5 Å². The van der Waals surface area contributed by atoms with Crippen molar-refractivity contribution >= 4 is 29.1 Å². The number of amides is 2. The molecule has 0 bridgehead atoms. The van der Waals surface area contributed by atoms with Crippen LogP contribution in [0.2, 0.25) is 0 Å². The van der Waals surface area contributed by atoms with Crippen LogP contribution < -0.4 is 4.74 Å². The van der Waals surface area contributed by atoms with E-state index >= 15 is 0 Å². The smallest absolute Gasteiger partial charge is 0.267 e.